The quantitative estimate of drug-likeness (QED) is 0.491. The molecule has 66 valence electrons. The normalized spacial score (nSPS) is 22.4. The third-order valence-electron chi connectivity index (χ3n) is 1.33. The summed E-state index contributed by atoms with van der Waals surface area (Å²) in [5.41, 5.74) is 0. The van der Waals surface area contributed by atoms with Gasteiger partial charge in [-0.25, -0.2) is 5.01 Å². The second kappa shape index (κ2) is 4.30. The van der Waals surface area contributed by atoms with Crippen molar-refractivity contribution in [3.8, 4) is 0 Å². The van der Waals surface area contributed by atoms with E-state index in [9.17, 15) is 9.35 Å². The van der Waals surface area contributed by atoms with Crippen LogP contribution in [0.2, 0.25) is 0 Å². The number of hydrogen-bond donors (Lipinski definition) is 1. The van der Waals surface area contributed by atoms with Crippen molar-refractivity contribution < 1.29 is 9.35 Å². The van der Waals surface area contributed by atoms with E-state index < -0.39 is 11.4 Å². The molecule has 0 aromatic heterocycles. The second-order valence-electron chi connectivity index (χ2n) is 2.26. The maximum absolute atomic E-state index is 11.2. The summed E-state index contributed by atoms with van der Waals surface area (Å²) in [6, 6.07) is 0. The summed E-state index contributed by atoms with van der Waals surface area (Å²) < 4.78 is 10.9. The smallest absolute Gasteiger partial charge is 0.244 e. The molecule has 0 spiro atoms. The molecule has 0 aromatic rings. The van der Waals surface area contributed by atoms with Crippen LogP contribution in [0.1, 0.15) is 6.42 Å². The zero-order valence-electron chi connectivity index (χ0n) is 6.53. The third-order valence-corrected chi connectivity index (χ3v) is 2.17. The molecular weight excluding hydrogens is 176 g/mol. The van der Waals surface area contributed by atoms with Gasteiger partial charge in [-0.15, -0.1) is 6.58 Å². The van der Waals surface area contributed by atoms with E-state index in [0.29, 0.717) is 6.54 Å². The Kier molecular flexibility index (Phi) is 3.33. The van der Waals surface area contributed by atoms with Gasteiger partial charge in [-0.05, 0) is 10.9 Å². The van der Waals surface area contributed by atoms with Crippen molar-refractivity contribution >= 4 is 17.3 Å². The lowest BCUT2D eigenvalue weighted by atomic mass is 10.4. The number of hydrogen-bond acceptors (Lipinski definition) is 3. The summed E-state index contributed by atoms with van der Waals surface area (Å²) in [5.74, 6) is -0.122. The van der Waals surface area contributed by atoms with E-state index in [0.717, 1.165) is 0 Å². The summed E-state index contributed by atoms with van der Waals surface area (Å²) in [4.78, 5) is 13.7. The summed E-state index contributed by atoms with van der Waals surface area (Å²) in [6.07, 6.45) is 3.47. The molecule has 1 amide bonds. The Morgan fingerprint density at radius 3 is 3.25 bits per heavy atom. The largest absolute Gasteiger partial charge is 0.592 e. The van der Waals surface area contributed by atoms with Crippen LogP contribution in [0.5, 0.6) is 0 Å². The number of nitrogens with one attached hydrogen (secondary N) is 1. The lowest BCUT2D eigenvalue weighted by Gasteiger charge is -2.23. The molecule has 0 saturated carbocycles. The Balaban J connectivity index is 2.48. The Bertz CT molecular complexity index is 217. The summed E-state index contributed by atoms with van der Waals surface area (Å²) in [5, 5.41) is 2.83. The first-order chi connectivity index (χ1) is 5.74. The lowest BCUT2D eigenvalue weighted by molar-refractivity contribution is -0.131. The Morgan fingerprint density at radius 2 is 2.67 bits per heavy atom. The Labute approximate surface area is 74.2 Å². The first-order valence-electron chi connectivity index (χ1n) is 3.49. The number of rotatable bonds is 2. The van der Waals surface area contributed by atoms with E-state index >= 15 is 0 Å². The number of carbonyl (C=O) groups excluding carboxylic acids is 1. The molecule has 0 fully saturated rings. The zero-order valence-corrected chi connectivity index (χ0v) is 7.34. The number of hydrazine groups is 1. The van der Waals surface area contributed by atoms with Crippen LogP contribution in [0.3, 0.4) is 0 Å². The summed E-state index contributed by atoms with van der Waals surface area (Å²) >= 11 is -1.25. The van der Waals surface area contributed by atoms with Crippen LogP contribution in [0.25, 0.3) is 0 Å². The molecule has 1 unspecified atom stereocenters. The molecule has 0 radical (unpaired) electrons. The Hall–Kier alpha value is -0.780. The van der Waals surface area contributed by atoms with Crippen molar-refractivity contribution in [3.05, 3.63) is 24.1 Å². The molecule has 1 aliphatic rings. The van der Waals surface area contributed by atoms with E-state index in [4.69, 9.17) is 0 Å². The van der Waals surface area contributed by atoms with Gasteiger partial charge in [-0.3, -0.25) is 4.79 Å². The highest BCUT2D eigenvalue weighted by Crippen LogP contribution is 2.01. The van der Waals surface area contributed by atoms with E-state index in [2.05, 4.69) is 11.4 Å². The van der Waals surface area contributed by atoms with Gasteiger partial charge in [0.15, 0.2) is 0 Å². The summed E-state index contributed by atoms with van der Waals surface area (Å²) in [6.45, 7) is 3.90. The van der Waals surface area contributed by atoms with E-state index in [1.807, 2.05) is 0 Å². The molecule has 1 aliphatic heterocycles. The highest BCUT2D eigenvalue weighted by atomic mass is 32.2. The first kappa shape index (κ1) is 9.31. The lowest BCUT2D eigenvalue weighted by Crippen LogP contribution is -2.47. The van der Waals surface area contributed by atoms with Crippen molar-refractivity contribution in [1.82, 2.24) is 9.84 Å². The van der Waals surface area contributed by atoms with Crippen LogP contribution in [0.15, 0.2) is 24.1 Å². The molecule has 1 N–H and O–H groups in total. The molecule has 0 bridgehead atoms. The van der Waals surface area contributed by atoms with Crippen molar-refractivity contribution in [3.63, 3.8) is 0 Å². The molecule has 1 heterocycles. The van der Waals surface area contributed by atoms with Gasteiger partial charge < -0.3 is 4.55 Å². The van der Waals surface area contributed by atoms with E-state index in [1.54, 1.807) is 6.08 Å². The fourth-order valence-electron chi connectivity index (χ4n) is 0.799. The van der Waals surface area contributed by atoms with Gasteiger partial charge in [0, 0.05) is 6.42 Å². The number of nitrogens with zero attached hydrogens (tertiary/aromatic N) is 1. The molecular formula is C7H10N2O2S. The van der Waals surface area contributed by atoms with Gasteiger partial charge in [-0.1, -0.05) is 6.08 Å². The number of amides is 1. The standard InChI is InChI=1S/C7H10N2O2S/c1-2-4-7(10)9-5-3-6-12(11)8-9/h2-3,6,8H,1,4-5H2. The van der Waals surface area contributed by atoms with Gasteiger partial charge in [0.05, 0.1) is 17.9 Å². The fourth-order valence-corrected chi connectivity index (χ4v) is 1.51. The van der Waals surface area contributed by atoms with Crippen molar-refractivity contribution in [2.24, 2.45) is 0 Å². The predicted molar refractivity (Wildman–Crippen MR) is 46.9 cm³/mol. The third kappa shape index (κ3) is 2.37. The average Bonchev–Trinajstić information content (AvgIpc) is 2.05. The van der Waals surface area contributed by atoms with Crippen LogP contribution >= 0.6 is 0 Å². The van der Waals surface area contributed by atoms with Gasteiger partial charge in [0.2, 0.25) is 5.91 Å². The minimum atomic E-state index is -1.25. The minimum absolute atomic E-state index is 0.122. The van der Waals surface area contributed by atoms with Gasteiger partial charge in [-0.2, -0.15) is 0 Å². The highest BCUT2D eigenvalue weighted by Gasteiger charge is 2.19. The molecule has 12 heavy (non-hydrogen) atoms. The topological polar surface area (TPSA) is 55.4 Å². The molecule has 1 rings (SSSR count). The molecule has 4 nitrogen and oxygen atoms in total. The fraction of sp³-hybridized carbons (Fsp3) is 0.286. The first-order valence-corrected chi connectivity index (χ1v) is 4.70. The van der Waals surface area contributed by atoms with Gasteiger partial charge in [0.25, 0.3) is 0 Å². The Morgan fingerprint density at radius 1 is 1.92 bits per heavy atom. The molecule has 0 saturated heterocycles. The molecule has 5 heteroatoms. The van der Waals surface area contributed by atoms with Crippen molar-refractivity contribution in [2.75, 3.05) is 6.54 Å². The maximum atomic E-state index is 11.2. The van der Waals surface area contributed by atoms with Crippen molar-refractivity contribution in [2.45, 2.75) is 6.42 Å². The maximum Gasteiger partial charge on any atom is 0.244 e. The monoisotopic (exact) mass is 186 g/mol. The SMILES string of the molecule is C=CCC(=O)N1CC=C[S+]([O-])N1. The van der Waals surface area contributed by atoms with Crippen LogP contribution in [-0.2, 0) is 16.2 Å². The molecule has 1 atom stereocenters. The van der Waals surface area contributed by atoms with E-state index in [-0.39, 0.29) is 12.3 Å². The van der Waals surface area contributed by atoms with Gasteiger partial charge in [0.1, 0.15) is 5.41 Å². The van der Waals surface area contributed by atoms with E-state index in [1.165, 1.54) is 16.5 Å². The van der Waals surface area contributed by atoms with Gasteiger partial charge >= 0.3 is 0 Å². The minimum Gasteiger partial charge on any atom is -0.592 e. The van der Waals surface area contributed by atoms with Crippen LogP contribution in [-0.4, -0.2) is 22.0 Å². The van der Waals surface area contributed by atoms with Crippen LogP contribution < -0.4 is 4.83 Å². The average molecular weight is 186 g/mol. The summed E-state index contributed by atoms with van der Waals surface area (Å²) in [7, 11) is 0. The number of carbonyl (C=O) groups is 1. The van der Waals surface area contributed by atoms with Crippen LogP contribution in [0, 0.1) is 0 Å². The highest BCUT2D eigenvalue weighted by molar-refractivity contribution is 7.92. The van der Waals surface area contributed by atoms with Crippen LogP contribution in [0.4, 0.5) is 0 Å². The second-order valence-corrected chi connectivity index (χ2v) is 3.31. The molecule has 0 aromatic carbocycles. The predicted octanol–water partition coefficient (Wildman–Crippen LogP) is 0.0867. The molecule has 0 aliphatic carbocycles. The zero-order chi connectivity index (χ0) is 8.97. The van der Waals surface area contributed by atoms with Crippen molar-refractivity contribution in [1.29, 1.82) is 0 Å².